The number of cyclic esters (lactones) is 1. The standard InChI is InChI=1S/C24H32O9/c1-15(19(27)32-14-17(26)13-25)5-4-9-22(2)18-8-11-23(21(29)33-22)10-6-16(20(28)31-3)7-12-24(18,23)30/h4-6,9,17-18,25-26,30H,7-8,10-14H2,1-3H3/b9-4+,15-5+/t17-,18+,22-,23-,24+/m1/s1. The Labute approximate surface area is 192 Å². The number of hydrogen-bond acceptors (Lipinski definition) is 9. The summed E-state index contributed by atoms with van der Waals surface area (Å²) in [4.78, 5) is 37.3. The lowest BCUT2D eigenvalue weighted by Crippen LogP contribution is -2.63. The molecule has 33 heavy (non-hydrogen) atoms. The first-order valence-electron chi connectivity index (χ1n) is 11.1. The molecule has 2 bridgehead atoms. The minimum absolute atomic E-state index is 0.216. The molecule has 0 aromatic rings. The third kappa shape index (κ3) is 4.37. The van der Waals surface area contributed by atoms with Crippen molar-refractivity contribution in [2.75, 3.05) is 20.3 Å². The molecule has 0 aromatic carbocycles. The van der Waals surface area contributed by atoms with Gasteiger partial charge in [-0.3, -0.25) is 4.79 Å². The van der Waals surface area contributed by atoms with Gasteiger partial charge in [-0.2, -0.15) is 0 Å². The van der Waals surface area contributed by atoms with Crippen molar-refractivity contribution in [1.29, 1.82) is 0 Å². The molecule has 0 radical (unpaired) electrons. The van der Waals surface area contributed by atoms with Crippen LogP contribution in [-0.2, 0) is 28.6 Å². The van der Waals surface area contributed by atoms with E-state index in [0.29, 0.717) is 24.8 Å². The van der Waals surface area contributed by atoms with Crippen LogP contribution in [0.5, 0.6) is 0 Å². The second-order valence-corrected chi connectivity index (χ2v) is 9.24. The maximum Gasteiger partial charge on any atom is 0.333 e. The fraction of sp³-hybridized carbons (Fsp3) is 0.625. The van der Waals surface area contributed by atoms with E-state index >= 15 is 0 Å². The van der Waals surface area contributed by atoms with Crippen LogP contribution in [0.15, 0.2) is 35.5 Å². The van der Waals surface area contributed by atoms with Gasteiger partial charge in [-0.15, -0.1) is 0 Å². The zero-order valence-corrected chi connectivity index (χ0v) is 19.2. The van der Waals surface area contributed by atoms with Crippen molar-refractivity contribution in [2.24, 2.45) is 11.3 Å². The highest BCUT2D eigenvalue weighted by atomic mass is 16.6. The number of aliphatic hydroxyl groups excluding tert-OH is 2. The van der Waals surface area contributed by atoms with Gasteiger partial charge in [-0.25, -0.2) is 9.59 Å². The molecular weight excluding hydrogens is 432 g/mol. The first-order chi connectivity index (χ1) is 15.5. The van der Waals surface area contributed by atoms with Crippen LogP contribution in [0.3, 0.4) is 0 Å². The Morgan fingerprint density at radius 3 is 2.76 bits per heavy atom. The van der Waals surface area contributed by atoms with Crippen molar-refractivity contribution in [3.63, 3.8) is 0 Å². The van der Waals surface area contributed by atoms with Crippen molar-refractivity contribution < 1.29 is 43.9 Å². The Bertz CT molecular complexity index is 904. The summed E-state index contributed by atoms with van der Waals surface area (Å²) in [5.74, 6) is -1.99. The molecule has 9 nitrogen and oxygen atoms in total. The predicted molar refractivity (Wildman–Crippen MR) is 116 cm³/mol. The van der Waals surface area contributed by atoms with Gasteiger partial charge in [0.2, 0.25) is 0 Å². The Hall–Kier alpha value is -2.49. The van der Waals surface area contributed by atoms with Crippen LogP contribution in [0.1, 0.15) is 46.0 Å². The first-order valence-corrected chi connectivity index (χ1v) is 11.1. The zero-order chi connectivity index (χ0) is 24.4. The van der Waals surface area contributed by atoms with Gasteiger partial charge < -0.3 is 29.5 Å². The highest BCUT2D eigenvalue weighted by Gasteiger charge is 2.71. The summed E-state index contributed by atoms with van der Waals surface area (Å²) in [5.41, 5.74) is -2.83. The lowest BCUT2D eigenvalue weighted by molar-refractivity contribution is -0.224. The van der Waals surface area contributed by atoms with E-state index in [0.717, 1.165) is 0 Å². The van der Waals surface area contributed by atoms with Crippen molar-refractivity contribution in [3.05, 3.63) is 35.5 Å². The second-order valence-electron chi connectivity index (χ2n) is 9.24. The van der Waals surface area contributed by atoms with Crippen molar-refractivity contribution in [2.45, 2.75) is 63.3 Å². The molecule has 3 N–H and O–H groups in total. The molecule has 5 atom stereocenters. The number of esters is 3. The Balaban J connectivity index is 1.80. The normalized spacial score (nSPS) is 34.7. The molecule has 9 heteroatoms. The lowest BCUT2D eigenvalue weighted by Gasteiger charge is -2.52. The van der Waals surface area contributed by atoms with Gasteiger partial charge in [0.1, 0.15) is 23.7 Å². The molecule has 1 aliphatic heterocycles. The molecular formula is C24H32O9. The van der Waals surface area contributed by atoms with E-state index in [2.05, 4.69) is 0 Å². The number of aliphatic hydroxyl groups is 3. The first kappa shape index (κ1) is 25.1. The maximum atomic E-state index is 13.2. The summed E-state index contributed by atoms with van der Waals surface area (Å²) < 4.78 is 15.6. The molecule has 0 amide bonds. The zero-order valence-electron chi connectivity index (χ0n) is 19.2. The van der Waals surface area contributed by atoms with E-state index in [9.17, 15) is 24.6 Å². The van der Waals surface area contributed by atoms with Crippen molar-refractivity contribution in [3.8, 4) is 0 Å². The average molecular weight is 465 g/mol. The highest BCUT2D eigenvalue weighted by Crippen LogP contribution is 2.63. The molecule has 1 saturated heterocycles. The Kier molecular flexibility index (Phi) is 7.16. The number of allylic oxidation sites excluding steroid dienone is 3. The van der Waals surface area contributed by atoms with E-state index in [1.165, 1.54) is 20.1 Å². The van der Waals surface area contributed by atoms with Crippen LogP contribution in [0, 0.1) is 11.3 Å². The number of methoxy groups -OCH3 is 1. The highest BCUT2D eigenvalue weighted by molar-refractivity contribution is 5.89. The van der Waals surface area contributed by atoms with E-state index < -0.39 is 47.2 Å². The molecule has 1 saturated carbocycles. The number of ether oxygens (including phenoxy) is 3. The number of carbonyl (C=O) groups excluding carboxylic acids is 3. The van der Waals surface area contributed by atoms with Gasteiger partial charge in [0.25, 0.3) is 0 Å². The van der Waals surface area contributed by atoms with E-state index in [1.54, 1.807) is 25.2 Å². The minimum atomic E-state index is -1.34. The topological polar surface area (TPSA) is 140 Å². The summed E-state index contributed by atoms with van der Waals surface area (Å²) in [6.07, 6.45) is 7.07. The smallest absolute Gasteiger partial charge is 0.333 e. The van der Waals surface area contributed by atoms with Gasteiger partial charge in [0.05, 0.1) is 19.3 Å². The molecule has 0 unspecified atom stereocenters. The van der Waals surface area contributed by atoms with Crippen LogP contribution in [0.25, 0.3) is 0 Å². The van der Waals surface area contributed by atoms with Gasteiger partial charge in [0, 0.05) is 17.1 Å². The SMILES string of the molecule is COC(=O)C1=CC[C@@]23CC[C@@H]([C@@](C)(/C=C/C=C(\C)C(=O)OC[C@H](O)CO)OC2=O)[C@@]3(O)CC1. The summed E-state index contributed by atoms with van der Waals surface area (Å²) in [7, 11) is 1.30. The van der Waals surface area contributed by atoms with Crippen LogP contribution < -0.4 is 0 Å². The largest absolute Gasteiger partial charge is 0.466 e. The van der Waals surface area contributed by atoms with Gasteiger partial charge in [-0.05, 0) is 52.0 Å². The third-order valence-corrected chi connectivity index (χ3v) is 7.29. The lowest BCUT2D eigenvalue weighted by atomic mass is 9.62. The Morgan fingerprint density at radius 2 is 2.09 bits per heavy atom. The Morgan fingerprint density at radius 1 is 1.36 bits per heavy atom. The fourth-order valence-corrected chi connectivity index (χ4v) is 5.34. The molecule has 2 aliphatic carbocycles. The van der Waals surface area contributed by atoms with E-state index in [4.69, 9.17) is 19.3 Å². The van der Waals surface area contributed by atoms with E-state index in [1.807, 2.05) is 0 Å². The van der Waals surface area contributed by atoms with Crippen molar-refractivity contribution >= 4 is 17.9 Å². The van der Waals surface area contributed by atoms with Crippen molar-refractivity contribution in [1.82, 2.24) is 0 Å². The predicted octanol–water partition coefficient (Wildman–Crippen LogP) is 1.11. The quantitative estimate of drug-likeness (QED) is 0.219. The molecule has 0 spiro atoms. The second kappa shape index (κ2) is 9.40. The monoisotopic (exact) mass is 464 g/mol. The summed E-state index contributed by atoms with van der Waals surface area (Å²) in [6, 6.07) is 0. The molecule has 3 rings (SSSR count). The van der Waals surface area contributed by atoms with Gasteiger partial charge in [-0.1, -0.05) is 18.2 Å². The number of carbonyl (C=O) groups is 3. The maximum absolute atomic E-state index is 13.2. The van der Waals surface area contributed by atoms with Crippen LogP contribution >= 0.6 is 0 Å². The summed E-state index contributed by atoms with van der Waals surface area (Å²) >= 11 is 0. The van der Waals surface area contributed by atoms with Gasteiger partial charge >= 0.3 is 17.9 Å². The van der Waals surface area contributed by atoms with Crippen LogP contribution in [0.2, 0.25) is 0 Å². The van der Waals surface area contributed by atoms with Crippen LogP contribution in [0.4, 0.5) is 0 Å². The fourth-order valence-electron chi connectivity index (χ4n) is 5.34. The molecule has 2 fully saturated rings. The molecule has 182 valence electrons. The minimum Gasteiger partial charge on any atom is -0.466 e. The molecule has 3 aliphatic rings. The van der Waals surface area contributed by atoms with Gasteiger partial charge in [0.15, 0.2) is 0 Å². The summed E-state index contributed by atoms with van der Waals surface area (Å²) in [6.45, 7) is 2.44. The third-order valence-electron chi connectivity index (χ3n) is 7.29. The average Bonchev–Trinajstić information content (AvgIpc) is 2.92. The van der Waals surface area contributed by atoms with E-state index in [-0.39, 0.29) is 30.9 Å². The summed E-state index contributed by atoms with van der Waals surface area (Å²) in [5, 5.41) is 29.9. The number of hydrogen-bond donors (Lipinski definition) is 3. The number of rotatable bonds is 7. The molecule has 1 heterocycles. The van der Waals surface area contributed by atoms with Crippen LogP contribution in [-0.4, -0.2) is 70.9 Å². The molecule has 0 aromatic heterocycles.